The number of esters is 1. The first kappa shape index (κ1) is 47.4. The molecule has 14 nitrogen and oxygen atoms in total. The van der Waals surface area contributed by atoms with Gasteiger partial charge >= 0.3 is 12.1 Å². The van der Waals surface area contributed by atoms with Crippen molar-refractivity contribution in [3.05, 3.63) is 46.5 Å². The van der Waals surface area contributed by atoms with Crippen LogP contribution in [0, 0.1) is 5.92 Å². The van der Waals surface area contributed by atoms with Crippen LogP contribution >= 0.6 is 33.2 Å². The highest BCUT2D eigenvalue weighted by atomic mass is 35.5. The van der Waals surface area contributed by atoms with Gasteiger partial charge in [-0.05, 0) is 58.2 Å². The number of allylic oxidation sites excluding steroid dienone is 3. The van der Waals surface area contributed by atoms with Crippen LogP contribution in [0.3, 0.4) is 0 Å². The number of ether oxygens (including phenoxy) is 5. The highest BCUT2D eigenvalue weighted by molar-refractivity contribution is 8.76. The van der Waals surface area contributed by atoms with E-state index in [1.807, 2.05) is 19.9 Å². The molecule has 0 spiro atoms. The molecule has 1 aromatic rings. The number of likely N-dealkylation sites (N-methyl/N-ethyl adjacent to an activating group) is 1. The van der Waals surface area contributed by atoms with E-state index in [9.17, 15) is 29.1 Å². The predicted octanol–water partition coefficient (Wildman–Crippen LogP) is 6.04. The van der Waals surface area contributed by atoms with Gasteiger partial charge in [0.15, 0.2) is 5.72 Å². The summed E-state index contributed by atoms with van der Waals surface area (Å²) < 4.78 is 29.3. The number of nitrogens with one attached hydrogen (secondary N) is 1. The molecule has 322 valence electrons. The van der Waals surface area contributed by atoms with E-state index in [1.165, 1.54) is 41.9 Å². The normalized spacial score (nSPS) is 30.0. The highest BCUT2D eigenvalue weighted by Crippen LogP contribution is 2.49. The van der Waals surface area contributed by atoms with Gasteiger partial charge in [0, 0.05) is 57.4 Å². The van der Waals surface area contributed by atoms with E-state index in [0.717, 1.165) is 17.6 Å². The molecule has 58 heavy (non-hydrogen) atoms. The fourth-order valence-electron chi connectivity index (χ4n) is 7.14. The number of carbonyl (C=O) groups excluding carboxylic acids is 5. The minimum Gasteiger partial charge on any atom is -0.495 e. The van der Waals surface area contributed by atoms with Crippen molar-refractivity contribution in [2.45, 2.75) is 127 Å². The van der Waals surface area contributed by atoms with Gasteiger partial charge in [-0.3, -0.25) is 14.9 Å². The smallest absolute Gasteiger partial charge is 0.409 e. The van der Waals surface area contributed by atoms with Crippen LogP contribution in [0.2, 0.25) is 5.02 Å². The first-order valence-electron chi connectivity index (χ1n) is 19.4. The van der Waals surface area contributed by atoms with Crippen LogP contribution in [-0.4, -0.2) is 121 Å². The van der Waals surface area contributed by atoms with Crippen molar-refractivity contribution in [1.82, 2.24) is 10.2 Å². The SMILES string of the molecule is COc1cc2cc(c1Cl)N(C)C(=O)C[C@@H](OC(=O)[C@@H](C)N(C)C(=O)CCSSC(C)CCC(C)=O)[C@@]1(C)O[C@@H]1[C@@H](C)[C@H]1C[C@](O)(NC(=O)O1)[C@@H](OC)/C=C/C=C(\C)C2. The lowest BCUT2D eigenvalue weighted by atomic mass is 9.83. The predicted molar refractivity (Wildman–Crippen MR) is 225 cm³/mol. The second-order valence-electron chi connectivity index (χ2n) is 15.6. The molecule has 9 atom stereocenters. The number of fused-ring (bicyclic) bond motifs is 5. The Balaban J connectivity index is 1.63. The van der Waals surface area contributed by atoms with Crippen molar-refractivity contribution < 1.29 is 52.8 Å². The second-order valence-corrected chi connectivity index (χ2v) is 18.9. The zero-order valence-corrected chi connectivity index (χ0v) is 37.4. The molecule has 4 bridgehead atoms. The molecule has 2 N–H and O–H groups in total. The van der Waals surface area contributed by atoms with Crippen molar-refractivity contribution in [1.29, 1.82) is 0 Å². The third-order valence-corrected chi connectivity index (χ3v) is 14.4. The maximum Gasteiger partial charge on any atom is 0.409 e. The number of hydrogen-bond donors (Lipinski definition) is 2. The van der Waals surface area contributed by atoms with Crippen LogP contribution in [0.5, 0.6) is 5.75 Å². The molecular weight excluding hydrogens is 810 g/mol. The summed E-state index contributed by atoms with van der Waals surface area (Å²) in [5, 5.41) is 14.8. The van der Waals surface area contributed by atoms with E-state index in [1.54, 1.807) is 69.8 Å². The summed E-state index contributed by atoms with van der Waals surface area (Å²) in [5.41, 5.74) is -0.964. The number of ketones is 1. The van der Waals surface area contributed by atoms with Crippen molar-refractivity contribution in [3.8, 4) is 5.75 Å². The summed E-state index contributed by atoms with van der Waals surface area (Å²) in [7, 11) is 9.17. The Labute approximate surface area is 354 Å². The number of halogens is 1. The number of aliphatic hydroxyl groups is 1. The van der Waals surface area contributed by atoms with Crippen LogP contribution in [0.4, 0.5) is 10.5 Å². The number of rotatable bonds is 13. The molecule has 2 fully saturated rings. The summed E-state index contributed by atoms with van der Waals surface area (Å²) >= 11 is 6.78. The van der Waals surface area contributed by atoms with Crippen molar-refractivity contribution in [2.75, 3.05) is 39.0 Å². The zero-order chi connectivity index (χ0) is 43.1. The van der Waals surface area contributed by atoms with Gasteiger partial charge in [0.2, 0.25) is 11.8 Å². The van der Waals surface area contributed by atoms with E-state index in [0.29, 0.717) is 30.0 Å². The molecule has 3 aliphatic rings. The fourth-order valence-corrected chi connectivity index (χ4v) is 9.78. The maximum atomic E-state index is 14.2. The van der Waals surface area contributed by atoms with Gasteiger partial charge in [-0.25, -0.2) is 9.59 Å². The number of nitrogens with zero attached hydrogens (tertiary/aromatic N) is 2. The molecule has 4 rings (SSSR count). The van der Waals surface area contributed by atoms with Crippen LogP contribution in [-0.2, 0) is 44.5 Å². The lowest BCUT2D eigenvalue weighted by Gasteiger charge is -2.42. The van der Waals surface area contributed by atoms with Gasteiger partial charge in [0.25, 0.3) is 0 Å². The van der Waals surface area contributed by atoms with Crippen LogP contribution in [0.15, 0.2) is 35.9 Å². The summed E-state index contributed by atoms with van der Waals surface area (Å²) in [6.45, 7) is 10.6. The molecule has 0 aliphatic carbocycles. The molecular formula is C41H58ClN3O11S2. The number of methoxy groups -OCH3 is 2. The van der Waals surface area contributed by atoms with Crippen LogP contribution in [0.1, 0.15) is 79.2 Å². The Morgan fingerprint density at radius 3 is 2.55 bits per heavy atom. The number of anilines is 1. The Hall–Kier alpha value is -3.28. The van der Waals surface area contributed by atoms with E-state index in [4.69, 9.17) is 35.3 Å². The summed E-state index contributed by atoms with van der Waals surface area (Å²) in [5.74, 6) is -0.961. The van der Waals surface area contributed by atoms with Crippen molar-refractivity contribution in [2.24, 2.45) is 5.92 Å². The van der Waals surface area contributed by atoms with Gasteiger partial charge in [-0.15, -0.1) is 0 Å². The number of benzene rings is 1. The van der Waals surface area contributed by atoms with Gasteiger partial charge in [-0.1, -0.05) is 70.8 Å². The molecule has 3 aliphatic heterocycles. The summed E-state index contributed by atoms with van der Waals surface area (Å²) in [6.07, 6.45) is 2.29. The zero-order valence-electron chi connectivity index (χ0n) is 35.0. The summed E-state index contributed by atoms with van der Waals surface area (Å²) in [4.78, 5) is 68.2. The lowest BCUT2D eigenvalue weighted by Crippen LogP contribution is -2.63. The largest absolute Gasteiger partial charge is 0.495 e. The molecule has 3 heterocycles. The third kappa shape index (κ3) is 11.7. The molecule has 1 aromatic carbocycles. The Morgan fingerprint density at radius 2 is 1.90 bits per heavy atom. The highest BCUT2D eigenvalue weighted by Gasteiger charge is 2.64. The van der Waals surface area contributed by atoms with Gasteiger partial charge in [0.05, 0.1) is 25.3 Å². The first-order chi connectivity index (χ1) is 27.2. The monoisotopic (exact) mass is 867 g/mol. The minimum absolute atomic E-state index is 0.0598. The molecule has 2 saturated heterocycles. The van der Waals surface area contributed by atoms with Crippen molar-refractivity contribution in [3.63, 3.8) is 0 Å². The van der Waals surface area contributed by atoms with E-state index < -0.39 is 65.7 Å². The number of amides is 3. The van der Waals surface area contributed by atoms with Gasteiger partial charge in [0.1, 0.15) is 46.5 Å². The molecule has 0 radical (unpaired) electrons. The van der Waals surface area contributed by atoms with E-state index in [2.05, 4.69) is 5.32 Å². The number of carbonyl (C=O) groups is 5. The maximum absolute atomic E-state index is 14.2. The fraction of sp³-hybridized carbons (Fsp3) is 0.634. The first-order valence-corrected chi connectivity index (χ1v) is 22.1. The standard InChI is InChI=1S/C41H58ClN3O11S2/c1-23-12-11-13-32(53-10)41(51)22-31(54-39(50)43-41)26(4)37-40(6,56-37)33(21-35(48)45(8)29-19-28(18-23)20-30(52-9)36(29)42)55-38(49)27(5)44(7)34(47)16-17-57-58-25(3)15-14-24(2)46/h11-13,19-20,25-27,31-33,37,51H,14-18,21-22H2,1-10H3,(H,43,50)/b13-11+,23-12+/t25?,26-,27+,31+,32-,33+,37+,40+,41+/m0/s1. The van der Waals surface area contributed by atoms with Crippen LogP contribution in [0.25, 0.3) is 0 Å². The topological polar surface area (TPSA) is 174 Å². The molecule has 17 heteroatoms. The number of hydrogen-bond acceptors (Lipinski definition) is 13. The molecule has 0 aromatic heterocycles. The molecule has 1 unspecified atom stereocenters. The average molecular weight is 869 g/mol. The number of Topliss-reactive ketones (excluding diaryl/α,β-unsaturated/α-hetero) is 1. The number of alkyl carbamates (subject to hydrolysis) is 1. The minimum atomic E-state index is -1.84. The van der Waals surface area contributed by atoms with Crippen LogP contribution < -0.4 is 15.0 Å². The Morgan fingerprint density at radius 1 is 1.19 bits per heavy atom. The number of epoxide rings is 1. The quantitative estimate of drug-likeness (QED) is 0.102. The van der Waals surface area contributed by atoms with E-state index >= 15 is 0 Å². The third-order valence-electron chi connectivity index (χ3n) is 11.1. The Kier molecular flexibility index (Phi) is 16.6. The lowest BCUT2D eigenvalue weighted by molar-refractivity contribution is -0.162. The van der Waals surface area contributed by atoms with Gasteiger partial charge in [-0.2, -0.15) is 0 Å². The average Bonchev–Trinajstić information content (AvgIpc) is 3.87. The van der Waals surface area contributed by atoms with Gasteiger partial charge < -0.3 is 43.4 Å². The molecule has 3 amide bonds. The van der Waals surface area contributed by atoms with Crippen molar-refractivity contribution >= 4 is 68.5 Å². The second kappa shape index (κ2) is 20.3. The van der Waals surface area contributed by atoms with E-state index in [-0.39, 0.29) is 41.2 Å². The molecule has 0 saturated carbocycles. The summed E-state index contributed by atoms with van der Waals surface area (Å²) in [6, 6.07) is 2.58. The Bertz CT molecular complexity index is 1760.